The molecular formula is C26H32N4O4S2. The van der Waals surface area contributed by atoms with Gasteiger partial charge in [-0.05, 0) is 68.9 Å². The predicted molar refractivity (Wildman–Crippen MR) is 143 cm³/mol. The normalized spacial score (nSPS) is 12.8. The van der Waals surface area contributed by atoms with Gasteiger partial charge in [0.2, 0.25) is 5.91 Å². The first-order valence-electron chi connectivity index (χ1n) is 12.4. The molecule has 0 unspecified atom stereocenters. The zero-order valence-electron chi connectivity index (χ0n) is 21.0. The summed E-state index contributed by atoms with van der Waals surface area (Å²) in [5.41, 5.74) is 2.48. The summed E-state index contributed by atoms with van der Waals surface area (Å²) in [5, 5.41) is 12.9. The fraction of sp³-hybridized carbons (Fsp3) is 0.462. The van der Waals surface area contributed by atoms with Crippen LogP contribution in [-0.4, -0.2) is 46.1 Å². The maximum Gasteiger partial charge on any atom is 0.341 e. The van der Waals surface area contributed by atoms with Gasteiger partial charge < -0.3 is 19.4 Å². The van der Waals surface area contributed by atoms with Gasteiger partial charge in [0.25, 0.3) is 0 Å². The highest BCUT2D eigenvalue weighted by atomic mass is 32.2. The van der Waals surface area contributed by atoms with Crippen molar-refractivity contribution in [2.75, 3.05) is 24.8 Å². The Morgan fingerprint density at radius 3 is 2.64 bits per heavy atom. The zero-order chi connectivity index (χ0) is 25.5. The van der Waals surface area contributed by atoms with Gasteiger partial charge >= 0.3 is 5.97 Å². The lowest BCUT2D eigenvalue weighted by Crippen LogP contribution is -2.17. The molecule has 36 heavy (non-hydrogen) atoms. The van der Waals surface area contributed by atoms with Crippen LogP contribution in [0.4, 0.5) is 5.00 Å². The fourth-order valence-electron chi connectivity index (χ4n) is 4.19. The molecule has 0 saturated carbocycles. The summed E-state index contributed by atoms with van der Waals surface area (Å²) in [6.45, 7) is 5.54. The molecule has 0 aliphatic heterocycles. The molecule has 1 amide bonds. The van der Waals surface area contributed by atoms with Gasteiger partial charge in [0.1, 0.15) is 10.8 Å². The minimum Gasteiger partial charge on any atom is -0.494 e. The maximum absolute atomic E-state index is 12.8. The minimum atomic E-state index is -0.394. The number of hydrogen-bond acceptors (Lipinski definition) is 8. The molecule has 0 radical (unpaired) electrons. The smallest absolute Gasteiger partial charge is 0.341 e. The standard InChI is InChI=1S/C26H32N4O4S2/c1-4-6-15-34-18-13-11-17(12-14-18)23-28-29-26(30(23)5-2)35-16-21(31)27-24-22(25(32)33-3)19-9-7-8-10-20(19)36-24/h11-14H,4-10,15-16H2,1-3H3,(H,27,31). The van der Waals surface area contributed by atoms with Gasteiger partial charge in [-0.15, -0.1) is 21.5 Å². The maximum atomic E-state index is 12.8. The second-order valence-electron chi connectivity index (χ2n) is 8.52. The van der Waals surface area contributed by atoms with E-state index in [1.807, 2.05) is 35.8 Å². The van der Waals surface area contributed by atoms with E-state index >= 15 is 0 Å². The summed E-state index contributed by atoms with van der Waals surface area (Å²) in [4.78, 5) is 26.4. The monoisotopic (exact) mass is 528 g/mol. The number of esters is 1. The number of unbranched alkanes of at least 4 members (excludes halogenated alkanes) is 1. The van der Waals surface area contributed by atoms with Gasteiger partial charge in [-0.1, -0.05) is 25.1 Å². The van der Waals surface area contributed by atoms with Crippen molar-refractivity contribution in [1.29, 1.82) is 0 Å². The molecule has 1 aromatic carbocycles. The van der Waals surface area contributed by atoms with Crippen LogP contribution in [0.25, 0.3) is 11.4 Å². The second-order valence-corrected chi connectivity index (χ2v) is 10.6. The molecule has 2 heterocycles. The first kappa shape index (κ1) is 26.2. The van der Waals surface area contributed by atoms with Crippen LogP contribution in [0.5, 0.6) is 5.75 Å². The predicted octanol–water partition coefficient (Wildman–Crippen LogP) is 5.60. The third kappa shape index (κ3) is 5.92. The summed E-state index contributed by atoms with van der Waals surface area (Å²) < 4.78 is 12.7. The number of aromatic nitrogens is 3. The lowest BCUT2D eigenvalue weighted by Gasteiger charge is -2.11. The molecule has 1 aliphatic rings. The number of amides is 1. The molecular weight excluding hydrogens is 496 g/mol. The van der Waals surface area contributed by atoms with Gasteiger partial charge in [0.05, 0.1) is 25.0 Å². The van der Waals surface area contributed by atoms with Crippen molar-refractivity contribution in [2.45, 2.75) is 64.1 Å². The Morgan fingerprint density at radius 1 is 1.14 bits per heavy atom. The molecule has 0 fully saturated rings. The summed E-state index contributed by atoms with van der Waals surface area (Å²) in [6.07, 6.45) is 6.04. The average molecular weight is 529 g/mol. The molecule has 1 N–H and O–H groups in total. The molecule has 2 aromatic heterocycles. The highest BCUT2D eigenvalue weighted by molar-refractivity contribution is 7.99. The summed E-state index contributed by atoms with van der Waals surface area (Å²) in [5.74, 6) is 1.16. The number of anilines is 1. The third-order valence-corrected chi connectivity index (χ3v) is 8.23. The Kier molecular flexibility index (Phi) is 9.03. The van der Waals surface area contributed by atoms with Crippen molar-refractivity contribution < 1.29 is 19.1 Å². The largest absolute Gasteiger partial charge is 0.494 e. The summed E-state index contributed by atoms with van der Waals surface area (Å²) in [6, 6.07) is 7.84. The van der Waals surface area contributed by atoms with Crippen LogP contribution in [0.1, 0.15) is 60.3 Å². The van der Waals surface area contributed by atoms with Crippen LogP contribution in [0, 0.1) is 0 Å². The average Bonchev–Trinajstić information content (AvgIpc) is 3.48. The summed E-state index contributed by atoms with van der Waals surface area (Å²) in [7, 11) is 1.37. The van der Waals surface area contributed by atoms with Crippen LogP contribution < -0.4 is 10.1 Å². The van der Waals surface area contributed by atoms with Crippen LogP contribution in [-0.2, 0) is 28.9 Å². The lowest BCUT2D eigenvalue weighted by molar-refractivity contribution is -0.113. The topological polar surface area (TPSA) is 95.3 Å². The number of nitrogens with zero attached hydrogens (tertiary/aromatic N) is 3. The van der Waals surface area contributed by atoms with E-state index in [0.29, 0.717) is 28.9 Å². The number of thioether (sulfide) groups is 1. The molecule has 8 nitrogen and oxygen atoms in total. The van der Waals surface area contributed by atoms with E-state index in [0.717, 1.165) is 61.2 Å². The number of thiophene rings is 1. The third-order valence-electron chi connectivity index (χ3n) is 6.06. The van der Waals surface area contributed by atoms with Crippen molar-refractivity contribution in [2.24, 2.45) is 0 Å². The first-order valence-corrected chi connectivity index (χ1v) is 14.2. The SMILES string of the molecule is CCCCOc1ccc(-c2nnc(SCC(=O)Nc3sc4c(c3C(=O)OC)CCCC4)n2CC)cc1. The van der Waals surface area contributed by atoms with Gasteiger partial charge in [0, 0.05) is 17.0 Å². The van der Waals surface area contributed by atoms with E-state index < -0.39 is 5.97 Å². The number of rotatable bonds is 11. The number of carbonyl (C=O) groups excluding carboxylic acids is 2. The highest BCUT2D eigenvalue weighted by Gasteiger charge is 2.27. The van der Waals surface area contributed by atoms with Gasteiger partial charge in [0.15, 0.2) is 11.0 Å². The van der Waals surface area contributed by atoms with Crippen LogP contribution in [0.15, 0.2) is 29.4 Å². The Hall–Kier alpha value is -2.85. The van der Waals surface area contributed by atoms with Crippen molar-refractivity contribution in [3.05, 3.63) is 40.3 Å². The second kappa shape index (κ2) is 12.4. The Morgan fingerprint density at radius 2 is 1.92 bits per heavy atom. The number of benzene rings is 1. The van der Waals surface area contributed by atoms with E-state index in [4.69, 9.17) is 9.47 Å². The Balaban J connectivity index is 1.42. The Bertz CT molecular complexity index is 1200. The molecule has 0 bridgehead atoms. The molecule has 4 rings (SSSR count). The molecule has 192 valence electrons. The van der Waals surface area contributed by atoms with E-state index in [1.165, 1.54) is 35.1 Å². The molecule has 1 aliphatic carbocycles. The van der Waals surface area contributed by atoms with Crippen LogP contribution in [0.3, 0.4) is 0 Å². The van der Waals surface area contributed by atoms with Crippen molar-refractivity contribution in [3.8, 4) is 17.1 Å². The van der Waals surface area contributed by atoms with E-state index in [9.17, 15) is 9.59 Å². The van der Waals surface area contributed by atoms with Gasteiger partial charge in [-0.25, -0.2) is 4.79 Å². The molecule has 0 spiro atoms. The molecule has 3 aromatic rings. The highest BCUT2D eigenvalue weighted by Crippen LogP contribution is 2.38. The van der Waals surface area contributed by atoms with E-state index in [-0.39, 0.29) is 11.7 Å². The van der Waals surface area contributed by atoms with E-state index in [1.54, 1.807) is 0 Å². The van der Waals surface area contributed by atoms with Crippen molar-refractivity contribution >= 4 is 40.0 Å². The number of carbonyl (C=O) groups is 2. The first-order chi connectivity index (χ1) is 17.5. The fourth-order valence-corrected chi connectivity index (χ4v) is 6.29. The Labute approximate surface area is 219 Å². The number of fused-ring (bicyclic) bond motifs is 1. The van der Waals surface area contributed by atoms with Crippen LogP contribution in [0.2, 0.25) is 0 Å². The van der Waals surface area contributed by atoms with Crippen molar-refractivity contribution in [3.63, 3.8) is 0 Å². The zero-order valence-corrected chi connectivity index (χ0v) is 22.6. The van der Waals surface area contributed by atoms with Crippen LogP contribution >= 0.6 is 23.1 Å². The molecule has 0 saturated heterocycles. The number of methoxy groups -OCH3 is 1. The lowest BCUT2D eigenvalue weighted by atomic mass is 9.95. The van der Waals surface area contributed by atoms with Crippen molar-refractivity contribution in [1.82, 2.24) is 14.8 Å². The quantitative estimate of drug-likeness (QED) is 0.197. The molecule has 10 heteroatoms. The molecule has 0 atom stereocenters. The van der Waals surface area contributed by atoms with Gasteiger partial charge in [-0.3, -0.25) is 4.79 Å². The number of aryl methyl sites for hydroxylation is 1. The number of hydrogen-bond donors (Lipinski definition) is 1. The minimum absolute atomic E-state index is 0.158. The van der Waals surface area contributed by atoms with Gasteiger partial charge in [-0.2, -0.15) is 0 Å². The number of nitrogens with one attached hydrogen (secondary N) is 1. The summed E-state index contributed by atoms with van der Waals surface area (Å²) >= 11 is 2.81. The number of ether oxygens (including phenoxy) is 2. The van der Waals surface area contributed by atoms with E-state index in [2.05, 4.69) is 22.4 Å².